The average molecular weight is 330 g/mol. The number of carbonyl (C=O) groups is 1. The van der Waals surface area contributed by atoms with Gasteiger partial charge in [-0.25, -0.2) is 0 Å². The molecule has 0 saturated carbocycles. The highest BCUT2D eigenvalue weighted by molar-refractivity contribution is 5.97. The molecule has 3 nitrogen and oxygen atoms in total. The van der Waals surface area contributed by atoms with E-state index in [2.05, 4.69) is 10.3 Å². The van der Waals surface area contributed by atoms with Crippen molar-refractivity contribution in [1.29, 1.82) is 0 Å². The Balaban J connectivity index is 1.78. The molecule has 1 heterocycles. The van der Waals surface area contributed by atoms with Crippen molar-refractivity contribution >= 4 is 16.8 Å². The van der Waals surface area contributed by atoms with E-state index in [1.165, 1.54) is 18.2 Å². The summed E-state index contributed by atoms with van der Waals surface area (Å²) in [5, 5.41) is 3.33. The van der Waals surface area contributed by atoms with Crippen molar-refractivity contribution in [3.63, 3.8) is 0 Å². The minimum atomic E-state index is -4.45. The van der Waals surface area contributed by atoms with Crippen LogP contribution in [0.5, 0.6) is 0 Å². The quantitative estimate of drug-likeness (QED) is 0.783. The molecule has 3 aromatic rings. The van der Waals surface area contributed by atoms with E-state index in [4.69, 9.17) is 0 Å². The fourth-order valence-corrected chi connectivity index (χ4v) is 2.45. The third-order valence-electron chi connectivity index (χ3n) is 3.63. The van der Waals surface area contributed by atoms with E-state index in [1.807, 2.05) is 6.07 Å². The van der Waals surface area contributed by atoms with Crippen LogP contribution in [0.3, 0.4) is 0 Å². The Labute approximate surface area is 136 Å². The lowest BCUT2D eigenvalue weighted by Crippen LogP contribution is -2.24. The summed E-state index contributed by atoms with van der Waals surface area (Å²) in [4.78, 5) is 16.4. The number of hydrogen-bond acceptors (Lipinski definition) is 2. The van der Waals surface area contributed by atoms with Crippen LogP contribution in [-0.4, -0.2) is 10.9 Å². The summed E-state index contributed by atoms with van der Waals surface area (Å²) < 4.78 is 38.9. The van der Waals surface area contributed by atoms with Crippen LogP contribution in [0, 0.1) is 0 Å². The van der Waals surface area contributed by atoms with Gasteiger partial charge >= 0.3 is 6.18 Å². The number of aromatic nitrogens is 1. The van der Waals surface area contributed by atoms with Gasteiger partial charge in [-0.15, -0.1) is 0 Å². The minimum absolute atomic E-state index is 0.0285. The molecule has 0 fully saturated rings. The molecular formula is C18H13F3N2O. The molecule has 0 atom stereocenters. The maximum absolute atomic E-state index is 13.0. The molecule has 0 saturated heterocycles. The van der Waals surface area contributed by atoms with Crippen molar-refractivity contribution in [3.8, 4) is 0 Å². The standard InChI is InChI=1S/C18H13F3N2O/c19-18(20,21)15-6-2-1-4-14(15)11-23-17(24)13-7-8-16-12(10-13)5-3-9-22-16/h1-10H,11H2,(H,23,24). The smallest absolute Gasteiger partial charge is 0.348 e. The number of hydrogen-bond donors (Lipinski definition) is 1. The first-order chi connectivity index (χ1) is 11.4. The summed E-state index contributed by atoms with van der Waals surface area (Å²) in [6.45, 7) is -0.195. The second-order valence-corrected chi connectivity index (χ2v) is 5.25. The van der Waals surface area contributed by atoms with Crippen molar-refractivity contribution in [1.82, 2.24) is 10.3 Å². The first-order valence-corrected chi connectivity index (χ1v) is 7.23. The third kappa shape index (κ3) is 3.37. The Kier molecular flexibility index (Phi) is 4.20. The number of halogens is 3. The topological polar surface area (TPSA) is 42.0 Å². The van der Waals surface area contributed by atoms with Crippen LogP contribution in [0.25, 0.3) is 10.9 Å². The van der Waals surface area contributed by atoms with Crippen LogP contribution in [-0.2, 0) is 12.7 Å². The molecule has 0 unspecified atom stereocenters. The molecule has 0 aliphatic heterocycles. The summed E-state index contributed by atoms with van der Waals surface area (Å²) >= 11 is 0. The molecule has 3 rings (SSSR count). The Bertz CT molecular complexity index is 891. The highest BCUT2D eigenvalue weighted by Crippen LogP contribution is 2.31. The molecule has 2 aromatic carbocycles. The first kappa shape index (κ1) is 16.0. The lowest BCUT2D eigenvalue weighted by molar-refractivity contribution is -0.138. The number of pyridine rings is 1. The Morgan fingerprint density at radius 1 is 1.04 bits per heavy atom. The number of alkyl halides is 3. The zero-order chi connectivity index (χ0) is 17.2. The van der Waals surface area contributed by atoms with E-state index in [-0.39, 0.29) is 12.1 Å². The molecule has 0 spiro atoms. The van der Waals surface area contributed by atoms with Gasteiger partial charge in [0.1, 0.15) is 0 Å². The lowest BCUT2D eigenvalue weighted by atomic mass is 10.1. The van der Waals surface area contributed by atoms with Gasteiger partial charge in [-0.2, -0.15) is 13.2 Å². The maximum Gasteiger partial charge on any atom is 0.416 e. The molecule has 0 aliphatic rings. The number of nitrogens with one attached hydrogen (secondary N) is 1. The minimum Gasteiger partial charge on any atom is -0.348 e. The van der Waals surface area contributed by atoms with Crippen molar-refractivity contribution in [3.05, 3.63) is 77.5 Å². The second-order valence-electron chi connectivity index (χ2n) is 5.25. The summed E-state index contributed by atoms with van der Waals surface area (Å²) in [6.07, 6.45) is -2.80. The summed E-state index contributed by atoms with van der Waals surface area (Å²) in [5.74, 6) is -0.433. The zero-order valence-electron chi connectivity index (χ0n) is 12.5. The van der Waals surface area contributed by atoms with Gasteiger partial charge in [0.05, 0.1) is 11.1 Å². The fourth-order valence-electron chi connectivity index (χ4n) is 2.45. The Hall–Kier alpha value is -2.89. The largest absolute Gasteiger partial charge is 0.416 e. The number of amides is 1. The van der Waals surface area contributed by atoms with Gasteiger partial charge in [0.15, 0.2) is 0 Å². The number of carbonyl (C=O) groups excluding carboxylic acids is 1. The van der Waals surface area contributed by atoms with Crippen LogP contribution >= 0.6 is 0 Å². The predicted octanol–water partition coefficient (Wildman–Crippen LogP) is 4.18. The molecule has 0 bridgehead atoms. The van der Waals surface area contributed by atoms with Crippen molar-refractivity contribution in [2.75, 3.05) is 0 Å². The number of benzene rings is 2. The van der Waals surface area contributed by atoms with E-state index in [0.717, 1.165) is 17.0 Å². The Morgan fingerprint density at radius 3 is 2.62 bits per heavy atom. The SMILES string of the molecule is O=C(NCc1ccccc1C(F)(F)F)c1ccc2ncccc2c1. The molecule has 1 amide bonds. The highest BCUT2D eigenvalue weighted by atomic mass is 19.4. The van der Waals surface area contributed by atoms with Gasteiger partial charge in [0.25, 0.3) is 5.91 Å². The normalized spacial score (nSPS) is 11.5. The summed E-state index contributed by atoms with van der Waals surface area (Å²) in [7, 11) is 0. The summed E-state index contributed by atoms with van der Waals surface area (Å²) in [5.41, 5.74) is 0.408. The van der Waals surface area contributed by atoms with E-state index >= 15 is 0 Å². The highest BCUT2D eigenvalue weighted by Gasteiger charge is 2.32. The number of fused-ring (bicyclic) bond motifs is 1. The van der Waals surface area contributed by atoms with Crippen LogP contribution in [0.2, 0.25) is 0 Å². The van der Waals surface area contributed by atoms with Crippen LogP contribution in [0.1, 0.15) is 21.5 Å². The molecule has 1 N–H and O–H groups in total. The van der Waals surface area contributed by atoms with Crippen molar-refractivity contribution < 1.29 is 18.0 Å². The first-order valence-electron chi connectivity index (χ1n) is 7.23. The average Bonchev–Trinajstić information content (AvgIpc) is 2.58. The van der Waals surface area contributed by atoms with E-state index in [0.29, 0.717) is 5.56 Å². The van der Waals surface area contributed by atoms with Crippen molar-refractivity contribution in [2.24, 2.45) is 0 Å². The predicted molar refractivity (Wildman–Crippen MR) is 84.4 cm³/mol. The molecule has 6 heteroatoms. The van der Waals surface area contributed by atoms with Gasteiger partial charge in [-0.05, 0) is 35.9 Å². The third-order valence-corrected chi connectivity index (χ3v) is 3.63. The molecule has 122 valence electrons. The van der Waals surface area contributed by atoms with E-state index in [9.17, 15) is 18.0 Å². The van der Waals surface area contributed by atoms with Gasteiger partial charge in [-0.1, -0.05) is 24.3 Å². The van der Waals surface area contributed by atoms with Gasteiger partial charge in [0, 0.05) is 23.7 Å². The molecule has 24 heavy (non-hydrogen) atoms. The maximum atomic E-state index is 13.0. The van der Waals surface area contributed by atoms with Crippen LogP contribution in [0.4, 0.5) is 13.2 Å². The zero-order valence-corrected chi connectivity index (χ0v) is 12.5. The molecule has 0 radical (unpaired) electrons. The van der Waals surface area contributed by atoms with Gasteiger partial charge in [0.2, 0.25) is 0 Å². The Morgan fingerprint density at radius 2 is 1.83 bits per heavy atom. The molecule has 0 aliphatic carbocycles. The second kappa shape index (κ2) is 6.31. The molecular weight excluding hydrogens is 317 g/mol. The van der Waals surface area contributed by atoms with E-state index in [1.54, 1.807) is 30.5 Å². The van der Waals surface area contributed by atoms with Crippen LogP contribution in [0.15, 0.2) is 60.8 Å². The van der Waals surface area contributed by atoms with E-state index < -0.39 is 17.6 Å². The van der Waals surface area contributed by atoms with Crippen LogP contribution < -0.4 is 5.32 Å². The van der Waals surface area contributed by atoms with Gasteiger partial charge in [-0.3, -0.25) is 9.78 Å². The number of rotatable bonds is 3. The van der Waals surface area contributed by atoms with Gasteiger partial charge < -0.3 is 5.32 Å². The van der Waals surface area contributed by atoms with Crippen molar-refractivity contribution in [2.45, 2.75) is 12.7 Å². The lowest BCUT2D eigenvalue weighted by Gasteiger charge is -2.13. The summed E-state index contributed by atoms with van der Waals surface area (Å²) in [6, 6.07) is 13.7. The monoisotopic (exact) mass is 330 g/mol. The fraction of sp³-hybridized carbons (Fsp3) is 0.111. The molecule has 1 aromatic heterocycles. The number of nitrogens with zero attached hydrogens (tertiary/aromatic N) is 1.